The predicted octanol–water partition coefficient (Wildman–Crippen LogP) is 11.7. The molecule has 0 aliphatic heterocycles. The van der Waals surface area contributed by atoms with Crippen molar-refractivity contribution >= 4 is 31.5 Å². The molecule has 0 bridgehead atoms. The average Bonchev–Trinajstić information content (AvgIpc) is 3.06. The molecule has 0 heterocycles. The summed E-state index contributed by atoms with van der Waals surface area (Å²) in [6.45, 7) is 13.6. The molecule has 1 atom stereocenters. The molecular formula is C39H81NO5P2. The summed E-state index contributed by atoms with van der Waals surface area (Å²) in [5.41, 5.74) is 0. The van der Waals surface area contributed by atoms with Crippen molar-refractivity contribution < 1.29 is 23.4 Å². The molecule has 0 aliphatic carbocycles. The molecule has 0 aliphatic rings. The molecule has 0 fully saturated rings. The maximum absolute atomic E-state index is 14.3. The topological polar surface area (TPSA) is 81.7 Å². The minimum absolute atomic E-state index is 0.123. The molecule has 0 saturated heterocycles. The van der Waals surface area contributed by atoms with E-state index in [1.807, 2.05) is 0 Å². The second kappa shape index (κ2) is 24.4. The van der Waals surface area contributed by atoms with Crippen LogP contribution in [-0.4, -0.2) is 73.2 Å². The number of rotatable bonds is 31. The summed E-state index contributed by atoms with van der Waals surface area (Å²) >= 11 is 0. The predicted molar refractivity (Wildman–Crippen MR) is 211 cm³/mol. The number of hydrogen-bond acceptors (Lipinski definition) is 5. The van der Waals surface area contributed by atoms with Crippen LogP contribution in [0.4, 0.5) is 0 Å². The Morgan fingerprint density at radius 2 is 0.766 bits per heavy atom. The van der Waals surface area contributed by atoms with E-state index in [0.29, 0.717) is 0 Å². The first kappa shape index (κ1) is 46.3. The van der Waals surface area contributed by atoms with E-state index in [0.717, 1.165) is 152 Å². The van der Waals surface area contributed by atoms with Crippen LogP contribution in [0.2, 0.25) is 0 Å². The Hall–Kier alpha value is -0.730. The van der Waals surface area contributed by atoms with Gasteiger partial charge in [0.15, 0.2) is 0 Å². The van der Waals surface area contributed by atoms with E-state index < -0.39 is 19.7 Å². The Labute approximate surface area is 292 Å². The van der Waals surface area contributed by atoms with Gasteiger partial charge >= 0.3 is 293 Å². The number of carbonyl (C=O) groups excluding carboxylic acids is 3. The molecule has 1 N–H and O–H groups in total. The van der Waals surface area contributed by atoms with Crippen molar-refractivity contribution in [1.29, 1.82) is 0 Å². The third-order valence-corrected chi connectivity index (χ3v) is 23.6. The Balaban J connectivity index is 6.57. The van der Waals surface area contributed by atoms with Crippen LogP contribution in [0.1, 0.15) is 178 Å². The van der Waals surface area contributed by atoms with Crippen molar-refractivity contribution in [2.75, 3.05) is 49.3 Å². The molecule has 0 aromatic rings. The van der Waals surface area contributed by atoms with Gasteiger partial charge in [-0.25, -0.2) is 0 Å². The SMILES string of the molecule is CCCCP(CCCC)(CCCC)(CCCC)OC(=O)CC[C@@H](NC(C)=O)C(=O)OP(CCCC)(CCCC)(CCCC)CCCC. The van der Waals surface area contributed by atoms with Gasteiger partial charge in [0.1, 0.15) is 0 Å². The number of nitrogens with one attached hydrogen (secondary N) is 1. The van der Waals surface area contributed by atoms with Gasteiger partial charge in [-0.05, 0) is 0 Å². The first-order chi connectivity index (χ1) is 22.4. The normalized spacial score (nSPS) is 14.4. The van der Waals surface area contributed by atoms with E-state index >= 15 is 0 Å². The van der Waals surface area contributed by atoms with Crippen LogP contribution < -0.4 is 5.32 Å². The van der Waals surface area contributed by atoms with E-state index in [9.17, 15) is 14.4 Å². The quantitative estimate of drug-likeness (QED) is 0.0726. The van der Waals surface area contributed by atoms with Crippen molar-refractivity contribution in [1.82, 2.24) is 5.32 Å². The molecule has 282 valence electrons. The van der Waals surface area contributed by atoms with Gasteiger partial charge in [0, 0.05) is 0 Å². The second-order valence-corrected chi connectivity index (χ2v) is 26.4. The Morgan fingerprint density at radius 3 is 1.02 bits per heavy atom. The first-order valence-corrected chi connectivity index (χ1v) is 26.0. The number of carbonyl (C=O) groups is 3. The van der Waals surface area contributed by atoms with Crippen LogP contribution in [0, 0.1) is 0 Å². The summed E-state index contributed by atoms with van der Waals surface area (Å²) in [5, 5.41) is 2.92. The fourth-order valence-corrected chi connectivity index (χ4v) is 21.2. The summed E-state index contributed by atoms with van der Waals surface area (Å²) in [6.07, 6.45) is 25.5. The summed E-state index contributed by atoms with van der Waals surface area (Å²) in [5.74, 6) is -0.769. The van der Waals surface area contributed by atoms with Crippen molar-refractivity contribution in [3.05, 3.63) is 0 Å². The van der Waals surface area contributed by atoms with E-state index in [2.05, 4.69) is 60.7 Å². The molecule has 0 aromatic heterocycles. The van der Waals surface area contributed by atoms with Gasteiger partial charge in [0.05, 0.1) is 0 Å². The molecule has 0 saturated carbocycles. The van der Waals surface area contributed by atoms with Gasteiger partial charge in [-0.3, -0.25) is 0 Å². The van der Waals surface area contributed by atoms with Gasteiger partial charge in [-0.1, -0.05) is 0 Å². The van der Waals surface area contributed by atoms with Crippen LogP contribution in [0.3, 0.4) is 0 Å². The van der Waals surface area contributed by atoms with Gasteiger partial charge in [0.25, 0.3) is 0 Å². The molecular weight excluding hydrogens is 624 g/mol. The van der Waals surface area contributed by atoms with Crippen molar-refractivity contribution in [2.24, 2.45) is 0 Å². The monoisotopic (exact) mass is 706 g/mol. The van der Waals surface area contributed by atoms with E-state index in [1.165, 1.54) is 6.92 Å². The molecule has 0 rings (SSSR count). The van der Waals surface area contributed by atoms with Gasteiger partial charge in [0.2, 0.25) is 0 Å². The van der Waals surface area contributed by atoms with Crippen molar-refractivity contribution in [3.8, 4) is 0 Å². The number of unbranched alkanes of at least 4 members (excludes halogenated alkanes) is 8. The maximum atomic E-state index is 14.3. The third kappa shape index (κ3) is 16.2. The molecule has 47 heavy (non-hydrogen) atoms. The Bertz CT molecular complexity index is 792. The van der Waals surface area contributed by atoms with Crippen molar-refractivity contribution in [3.63, 3.8) is 0 Å². The van der Waals surface area contributed by atoms with Gasteiger partial charge in [-0.15, -0.1) is 0 Å². The average molecular weight is 706 g/mol. The zero-order valence-corrected chi connectivity index (χ0v) is 34.7. The Kier molecular flexibility index (Phi) is 24.0. The summed E-state index contributed by atoms with van der Waals surface area (Å²) in [4.78, 5) is 40.8. The molecule has 0 unspecified atom stereocenters. The van der Waals surface area contributed by atoms with E-state index in [1.54, 1.807) is 0 Å². The molecule has 0 spiro atoms. The minimum atomic E-state index is -2.89. The molecule has 6 nitrogen and oxygen atoms in total. The summed E-state index contributed by atoms with van der Waals surface area (Å²) in [6, 6.07) is -0.836. The molecule has 0 aromatic carbocycles. The van der Waals surface area contributed by atoms with Gasteiger partial charge < -0.3 is 0 Å². The molecule has 1 amide bonds. The first-order valence-electron chi connectivity index (χ1n) is 20.2. The second-order valence-electron chi connectivity index (χ2n) is 15.0. The molecule has 0 radical (unpaired) electrons. The zero-order chi connectivity index (χ0) is 35.7. The van der Waals surface area contributed by atoms with Crippen molar-refractivity contribution in [2.45, 2.75) is 184 Å². The Morgan fingerprint density at radius 1 is 0.489 bits per heavy atom. The van der Waals surface area contributed by atoms with Gasteiger partial charge in [-0.2, -0.15) is 0 Å². The molecule has 8 heteroatoms. The van der Waals surface area contributed by atoms with Crippen LogP contribution in [0.15, 0.2) is 0 Å². The van der Waals surface area contributed by atoms with Crippen LogP contribution in [-0.2, 0) is 23.4 Å². The number of amides is 1. The standard InChI is InChI=1S/C39H81NO5P2/c1-10-18-28-46(29-19-11-2,30-20-12-3,31-21-13-4)44-38(42)27-26-37(40-36(9)41)39(43)45-47(32-22-14-5,33-23-15-6,34-24-16-7)35-25-17-8/h37H,10-35H2,1-9H3,(H,40,41)/t37-/m1/s1. The van der Waals surface area contributed by atoms with Crippen LogP contribution in [0.5, 0.6) is 0 Å². The van der Waals surface area contributed by atoms with E-state index in [-0.39, 0.29) is 30.7 Å². The van der Waals surface area contributed by atoms with Crippen LogP contribution in [0.25, 0.3) is 0 Å². The fourth-order valence-electron chi connectivity index (χ4n) is 7.58. The number of hydrogen-bond donors (Lipinski definition) is 1. The fraction of sp³-hybridized carbons (Fsp3) is 0.923. The zero-order valence-electron chi connectivity index (χ0n) is 32.9. The van der Waals surface area contributed by atoms with E-state index in [4.69, 9.17) is 9.05 Å². The van der Waals surface area contributed by atoms with Crippen LogP contribution >= 0.6 is 13.7 Å². The summed E-state index contributed by atoms with van der Waals surface area (Å²) in [7, 11) is 0. The third-order valence-electron chi connectivity index (χ3n) is 10.6. The summed E-state index contributed by atoms with van der Waals surface area (Å²) < 4.78 is 13.9.